The summed E-state index contributed by atoms with van der Waals surface area (Å²) in [5.41, 5.74) is 0.900. The number of nitrogens with one attached hydrogen (secondary N) is 1. The van der Waals surface area contributed by atoms with E-state index in [0.717, 1.165) is 11.6 Å². The Balaban J connectivity index is 1.36. The fraction of sp³-hybridized carbons (Fsp3) is 0.409. The molecule has 1 fully saturated rings. The minimum atomic E-state index is -3.92. The minimum Gasteiger partial charge on any atom is -0.486 e. The summed E-state index contributed by atoms with van der Waals surface area (Å²) in [6.45, 7) is 3.25. The second kappa shape index (κ2) is 8.84. The van der Waals surface area contributed by atoms with E-state index in [9.17, 15) is 17.6 Å². The lowest BCUT2D eigenvalue weighted by Crippen LogP contribution is -2.43. The number of carbonyl (C=O) groups is 1. The quantitative estimate of drug-likeness (QED) is 0.760. The molecule has 4 rings (SSSR count). The summed E-state index contributed by atoms with van der Waals surface area (Å²) in [5, 5.41) is 3.00. The molecule has 1 amide bonds. The van der Waals surface area contributed by atoms with Gasteiger partial charge in [0.1, 0.15) is 23.9 Å². The summed E-state index contributed by atoms with van der Waals surface area (Å²) in [4.78, 5) is 12.4. The fourth-order valence-electron chi connectivity index (χ4n) is 3.90. The van der Waals surface area contributed by atoms with Crippen molar-refractivity contribution in [3.63, 3.8) is 0 Å². The van der Waals surface area contributed by atoms with Gasteiger partial charge in [-0.2, -0.15) is 4.31 Å². The SMILES string of the molecule is C[C@@H](NC(=O)C1CCN(S(=O)(=O)c2ccccc2F)CC1)c1ccc2c(c1)OCCO2. The van der Waals surface area contributed by atoms with Gasteiger partial charge >= 0.3 is 0 Å². The third kappa shape index (κ3) is 4.52. The fourth-order valence-corrected chi connectivity index (χ4v) is 5.43. The van der Waals surface area contributed by atoms with Crippen molar-refractivity contribution in [3.05, 3.63) is 53.8 Å². The van der Waals surface area contributed by atoms with E-state index in [2.05, 4.69) is 5.32 Å². The maximum absolute atomic E-state index is 14.0. The highest BCUT2D eigenvalue weighted by molar-refractivity contribution is 7.89. The molecule has 9 heteroatoms. The Morgan fingerprint density at radius 1 is 1.10 bits per heavy atom. The second-order valence-electron chi connectivity index (χ2n) is 7.74. The average molecular weight is 449 g/mol. The van der Waals surface area contributed by atoms with Crippen LogP contribution in [-0.2, 0) is 14.8 Å². The number of fused-ring (bicyclic) bond motifs is 1. The number of hydrogen-bond donors (Lipinski definition) is 1. The van der Waals surface area contributed by atoms with Crippen LogP contribution < -0.4 is 14.8 Å². The third-order valence-electron chi connectivity index (χ3n) is 5.70. The van der Waals surface area contributed by atoms with Gasteiger partial charge in [0.2, 0.25) is 15.9 Å². The summed E-state index contributed by atoms with van der Waals surface area (Å²) in [6.07, 6.45) is 0.765. The van der Waals surface area contributed by atoms with Crippen LogP contribution in [0.5, 0.6) is 11.5 Å². The van der Waals surface area contributed by atoms with Gasteiger partial charge in [-0.25, -0.2) is 12.8 Å². The van der Waals surface area contributed by atoms with Gasteiger partial charge in [-0.1, -0.05) is 18.2 Å². The van der Waals surface area contributed by atoms with Gasteiger partial charge in [0, 0.05) is 19.0 Å². The van der Waals surface area contributed by atoms with Crippen molar-refractivity contribution in [2.24, 2.45) is 5.92 Å². The Hall–Kier alpha value is -2.65. The Kier molecular flexibility index (Phi) is 6.15. The number of piperidine rings is 1. The van der Waals surface area contributed by atoms with Crippen LogP contribution in [0.25, 0.3) is 0 Å². The molecule has 2 aliphatic heterocycles. The largest absolute Gasteiger partial charge is 0.486 e. The van der Waals surface area contributed by atoms with Gasteiger partial charge < -0.3 is 14.8 Å². The molecule has 0 spiro atoms. The van der Waals surface area contributed by atoms with Crippen molar-refractivity contribution in [1.29, 1.82) is 0 Å². The van der Waals surface area contributed by atoms with Gasteiger partial charge in [0.25, 0.3) is 0 Å². The molecule has 166 valence electrons. The Morgan fingerprint density at radius 2 is 1.77 bits per heavy atom. The van der Waals surface area contributed by atoms with Gasteiger partial charge in [0.05, 0.1) is 6.04 Å². The Labute approximate surface area is 181 Å². The normalized spacial score (nSPS) is 18.4. The van der Waals surface area contributed by atoms with Crippen LogP contribution in [0.3, 0.4) is 0 Å². The lowest BCUT2D eigenvalue weighted by atomic mass is 9.96. The highest BCUT2D eigenvalue weighted by Crippen LogP contribution is 2.33. The van der Waals surface area contributed by atoms with Crippen molar-refractivity contribution in [1.82, 2.24) is 9.62 Å². The minimum absolute atomic E-state index is 0.120. The third-order valence-corrected chi connectivity index (χ3v) is 7.64. The predicted molar refractivity (Wildman–Crippen MR) is 112 cm³/mol. The number of ether oxygens (including phenoxy) is 2. The molecule has 2 aliphatic rings. The summed E-state index contributed by atoms with van der Waals surface area (Å²) in [6, 6.07) is 10.7. The molecule has 31 heavy (non-hydrogen) atoms. The van der Waals surface area contributed by atoms with Crippen LogP contribution >= 0.6 is 0 Å². The molecule has 0 saturated carbocycles. The first-order chi connectivity index (χ1) is 14.9. The molecule has 7 nitrogen and oxygen atoms in total. The number of carbonyl (C=O) groups excluding carboxylic acids is 1. The van der Waals surface area contributed by atoms with Crippen LogP contribution in [0.15, 0.2) is 47.4 Å². The highest BCUT2D eigenvalue weighted by atomic mass is 32.2. The first kappa shape index (κ1) is 21.6. The van der Waals surface area contributed by atoms with Crippen LogP contribution in [0, 0.1) is 11.7 Å². The van der Waals surface area contributed by atoms with Crippen LogP contribution in [0.2, 0.25) is 0 Å². The Morgan fingerprint density at radius 3 is 2.48 bits per heavy atom. The van der Waals surface area contributed by atoms with E-state index in [-0.39, 0.29) is 35.9 Å². The van der Waals surface area contributed by atoms with Crippen LogP contribution in [0.4, 0.5) is 4.39 Å². The smallest absolute Gasteiger partial charge is 0.245 e. The van der Waals surface area contributed by atoms with Crippen molar-refractivity contribution in [3.8, 4) is 11.5 Å². The number of sulfonamides is 1. The van der Waals surface area contributed by atoms with E-state index < -0.39 is 15.8 Å². The molecule has 1 atom stereocenters. The predicted octanol–water partition coefficient (Wildman–Crippen LogP) is 2.88. The molecule has 1 saturated heterocycles. The molecule has 0 bridgehead atoms. The number of nitrogens with zero attached hydrogens (tertiary/aromatic N) is 1. The van der Waals surface area contributed by atoms with Gasteiger partial charge in [0.15, 0.2) is 11.5 Å². The topological polar surface area (TPSA) is 84.9 Å². The van der Waals surface area contributed by atoms with Crippen molar-refractivity contribution >= 4 is 15.9 Å². The van der Waals surface area contributed by atoms with E-state index in [0.29, 0.717) is 37.6 Å². The van der Waals surface area contributed by atoms with E-state index >= 15 is 0 Å². The molecule has 0 aliphatic carbocycles. The average Bonchev–Trinajstić information content (AvgIpc) is 2.79. The van der Waals surface area contributed by atoms with Gasteiger partial charge in [-0.05, 0) is 49.6 Å². The summed E-state index contributed by atoms with van der Waals surface area (Å²) in [5.74, 6) is 0.168. The molecule has 0 radical (unpaired) electrons. The monoisotopic (exact) mass is 448 g/mol. The number of rotatable bonds is 5. The second-order valence-corrected chi connectivity index (χ2v) is 9.65. The first-order valence-corrected chi connectivity index (χ1v) is 11.7. The maximum Gasteiger partial charge on any atom is 0.245 e. The summed E-state index contributed by atoms with van der Waals surface area (Å²) in [7, 11) is -3.92. The molecular weight excluding hydrogens is 423 g/mol. The van der Waals surface area contributed by atoms with Crippen LogP contribution in [-0.4, -0.2) is 44.9 Å². The zero-order valence-corrected chi connectivity index (χ0v) is 18.0. The lowest BCUT2D eigenvalue weighted by molar-refractivity contribution is -0.126. The van der Waals surface area contributed by atoms with E-state index in [1.165, 1.54) is 22.5 Å². The zero-order chi connectivity index (χ0) is 22.0. The maximum atomic E-state index is 14.0. The molecule has 1 N–H and O–H groups in total. The van der Waals surface area contributed by atoms with E-state index in [4.69, 9.17) is 9.47 Å². The number of hydrogen-bond acceptors (Lipinski definition) is 5. The zero-order valence-electron chi connectivity index (χ0n) is 17.2. The van der Waals surface area contributed by atoms with Crippen LogP contribution in [0.1, 0.15) is 31.4 Å². The lowest BCUT2D eigenvalue weighted by Gasteiger charge is -2.31. The van der Waals surface area contributed by atoms with Crippen molar-refractivity contribution < 1.29 is 27.1 Å². The number of amides is 1. The van der Waals surface area contributed by atoms with E-state index in [1.807, 2.05) is 25.1 Å². The van der Waals surface area contributed by atoms with Gasteiger partial charge in [-0.3, -0.25) is 4.79 Å². The van der Waals surface area contributed by atoms with Crippen molar-refractivity contribution in [2.75, 3.05) is 26.3 Å². The summed E-state index contributed by atoms with van der Waals surface area (Å²) < 4.78 is 51.8. The number of benzene rings is 2. The van der Waals surface area contributed by atoms with E-state index in [1.54, 1.807) is 0 Å². The standard InChI is InChI=1S/C22H25FN2O5S/c1-15(17-6-7-19-20(14-17)30-13-12-29-19)24-22(26)16-8-10-25(11-9-16)31(27,28)21-5-3-2-4-18(21)23/h2-7,14-16H,8-13H2,1H3,(H,24,26)/t15-/m1/s1. The van der Waals surface area contributed by atoms with Gasteiger partial charge in [-0.15, -0.1) is 0 Å². The molecule has 2 heterocycles. The summed E-state index contributed by atoms with van der Waals surface area (Å²) >= 11 is 0. The molecule has 0 aromatic heterocycles. The molecule has 0 unspecified atom stereocenters. The van der Waals surface area contributed by atoms with Crippen molar-refractivity contribution in [2.45, 2.75) is 30.7 Å². The molecule has 2 aromatic rings. The number of halogens is 1. The molecule has 2 aromatic carbocycles. The molecular formula is C22H25FN2O5S. The highest BCUT2D eigenvalue weighted by Gasteiger charge is 2.33. The first-order valence-electron chi connectivity index (χ1n) is 10.3. The Bertz CT molecular complexity index is 1070.